The number of carbonyl (C=O) groups is 1. The number of rotatable bonds is 6. The lowest BCUT2D eigenvalue weighted by Crippen LogP contribution is -2.43. The third-order valence-corrected chi connectivity index (χ3v) is 7.04. The molecule has 2 N–H and O–H groups in total. The number of carbonyl (C=O) groups excluding carboxylic acids is 1. The van der Waals surface area contributed by atoms with Crippen molar-refractivity contribution in [2.45, 2.75) is 58.2 Å². The van der Waals surface area contributed by atoms with Gasteiger partial charge in [0.15, 0.2) is 11.5 Å². The van der Waals surface area contributed by atoms with Gasteiger partial charge in [-0.15, -0.1) is 0 Å². The molecular weight excluding hydrogens is 445 g/mol. The normalized spacial score (nSPS) is 16.9. The molecule has 0 radical (unpaired) electrons. The summed E-state index contributed by atoms with van der Waals surface area (Å²) < 4.78 is 18.0. The van der Waals surface area contributed by atoms with Crippen molar-refractivity contribution in [2.24, 2.45) is 0 Å². The molecule has 0 spiro atoms. The molecule has 1 saturated heterocycles. The molecule has 6 rings (SSSR count). The predicted molar refractivity (Wildman–Crippen MR) is 135 cm³/mol. The van der Waals surface area contributed by atoms with E-state index in [0.717, 1.165) is 43.0 Å². The van der Waals surface area contributed by atoms with Crippen molar-refractivity contribution >= 4 is 33.8 Å². The van der Waals surface area contributed by atoms with E-state index in [4.69, 9.17) is 5.10 Å². The Balaban J connectivity index is 1.28. The highest BCUT2D eigenvalue weighted by Gasteiger charge is 2.28. The van der Waals surface area contributed by atoms with E-state index in [-0.39, 0.29) is 11.6 Å². The molecular formula is C26H30FN7O. The molecule has 0 unspecified atom stereocenters. The smallest absolute Gasteiger partial charge is 0.257 e. The fourth-order valence-electron chi connectivity index (χ4n) is 5.08. The number of nitrogens with one attached hydrogen (secondary N) is 2. The van der Waals surface area contributed by atoms with Crippen LogP contribution in [0.15, 0.2) is 36.8 Å². The minimum Gasteiger partial charge on any atom is -0.371 e. The van der Waals surface area contributed by atoms with Crippen molar-refractivity contribution in [1.29, 1.82) is 0 Å². The van der Waals surface area contributed by atoms with Gasteiger partial charge in [0.2, 0.25) is 0 Å². The number of hydrogen-bond acceptors (Lipinski definition) is 5. The molecule has 1 aliphatic carbocycles. The average molecular weight is 476 g/mol. The molecule has 1 aliphatic heterocycles. The van der Waals surface area contributed by atoms with Crippen LogP contribution in [0.4, 0.5) is 15.8 Å². The maximum absolute atomic E-state index is 14.5. The summed E-state index contributed by atoms with van der Waals surface area (Å²) in [6, 6.07) is 6.48. The zero-order valence-corrected chi connectivity index (χ0v) is 20.1. The maximum Gasteiger partial charge on any atom is 0.257 e. The SMILES string of the molecule is CCn1cc2c(N3CCC(NC4CC4)CC3)ccc(C(=O)Nc3cc(F)c4nc(C)cn4c3)c2n1. The number of benzene rings is 1. The van der Waals surface area contributed by atoms with Gasteiger partial charge in [-0.1, -0.05) is 0 Å². The van der Waals surface area contributed by atoms with Crippen molar-refractivity contribution in [2.75, 3.05) is 23.3 Å². The van der Waals surface area contributed by atoms with Crippen LogP contribution in [-0.2, 0) is 6.54 Å². The molecule has 182 valence electrons. The van der Waals surface area contributed by atoms with E-state index in [1.807, 2.05) is 29.9 Å². The Morgan fingerprint density at radius 2 is 1.89 bits per heavy atom. The lowest BCUT2D eigenvalue weighted by molar-refractivity contribution is 0.102. The van der Waals surface area contributed by atoms with Crippen molar-refractivity contribution in [3.63, 3.8) is 0 Å². The Hall–Kier alpha value is -3.46. The largest absolute Gasteiger partial charge is 0.371 e. The zero-order valence-electron chi connectivity index (χ0n) is 20.1. The van der Waals surface area contributed by atoms with Crippen LogP contribution in [0.25, 0.3) is 16.6 Å². The summed E-state index contributed by atoms with van der Waals surface area (Å²) in [7, 11) is 0. The molecule has 1 aromatic carbocycles. The summed E-state index contributed by atoms with van der Waals surface area (Å²) >= 11 is 0. The Morgan fingerprint density at radius 1 is 1.11 bits per heavy atom. The topological polar surface area (TPSA) is 79.5 Å². The number of amides is 1. The summed E-state index contributed by atoms with van der Waals surface area (Å²) in [5.41, 5.74) is 3.58. The molecule has 0 bridgehead atoms. The van der Waals surface area contributed by atoms with Crippen molar-refractivity contribution in [1.82, 2.24) is 24.5 Å². The minimum atomic E-state index is -0.480. The number of fused-ring (bicyclic) bond motifs is 2. The average Bonchev–Trinajstić information content (AvgIpc) is 3.41. The molecule has 2 fully saturated rings. The van der Waals surface area contributed by atoms with Gasteiger partial charge in [-0.2, -0.15) is 5.10 Å². The molecule has 8 nitrogen and oxygen atoms in total. The molecule has 0 atom stereocenters. The summed E-state index contributed by atoms with van der Waals surface area (Å²) in [5, 5.41) is 12.3. The Kier molecular flexibility index (Phi) is 5.44. The minimum absolute atomic E-state index is 0.241. The Morgan fingerprint density at radius 3 is 2.63 bits per heavy atom. The Bertz CT molecular complexity index is 1410. The van der Waals surface area contributed by atoms with Gasteiger partial charge in [-0.3, -0.25) is 9.48 Å². The number of nitrogens with zero attached hydrogens (tertiary/aromatic N) is 5. The van der Waals surface area contributed by atoms with E-state index in [0.29, 0.717) is 35.0 Å². The van der Waals surface area contributed by atoms with Gasteiger partial charge in [0.05, 0.1) is 16.9 Å². The van der Waals surface area contributed by atoms with E-state index in [9.17, 15) is 9.18 Å². The molecule has 3 aromatic heterocycles. The lowest BCUT2D eigenvalue weighted by Gasteiger charge is -2.34. The molecule has 1 saturated carbocycles. The summed E-state index contributed by atoms with van der Waals surface area (Å²) in [6.45, 7) is 6.51. The van der Waals surface area contributed by atoms with Crippen LogP contribution in [0.5, 0.6) is 0 Å². The van der Waals surface area contributed by atoms with Gasteiger partial charge < -0.3 is 19.9 Å². The molecule has 4 aromatic rings. The highest BCUT2D eigenvalue weighted by molar-refractivity contribution is 6.13. The predicted octanol–water partition coefficient (Wildman–Crippen LogP) is 4.12. The fraction of sp³-hybridized carbons (Fsp3) is 0.423. The second-order valence-electron chi connectivity index (χ2n) is 9.73. The number of aromatic nitrogens is 4. The number of imidazole rings is 1. The molecule has 4 heterocycles. The van der Waals surface area contributed by atoms with Crippen molar-refractivity contribution in [3.05, 3.63) is 53.9 Å². The molecule has 9 heteroatoms. The van der Waals surface area contributed by atoms with Crippen LogP contribution in [0, 0.1) is 12.7 Å². The fourth-order valence-corrected chi connectivity index (χ4v) is 5.08. The number of pyridine rings is 1. The van der Waals surface area contributed by atoms with E-state index in [1.165, 1.54) is 18.9 Å². The number of piperidine rings is 1. The number of halogens is 1. The van der Waals surface area contributed by atoms with Crippen LogP contribution in [0.1, 0.15) is 48.7 Å². The van der Waals surface area contributed by atoms with E-state index < -0.39 is 5.82 Å². The van der Waals surface area contributed by atoms with Gasteiger partial charge in [0.1, 0.15) is 5.52 Å². The molecule has 1 amide bonds. The van der Waals surface area contributed by atoms with Gasteiger partial charge in [-0.05, 0) is 51.7 Å². The lowest BCUT2D eigenvalue weighted by atomic mass is 10.0. The van der Waals surface area contributed by atoms with Crippen LogP contribution < -0.4 is 15.5 Å². The summed E-state index contributed by atoms with van der Waals surface area (Å²) in [4.78, 5) is 19.9. The zero-order chi connectivity index (χ0) is 24.1. The summed E-state index contributed by atoms with van der Waals surface area (Å²) in [5.74, 6) is -0.794. The highest BCUT2D eigenvalue weighted by Crippen LogP contribution is 2.32. The second kappa shape index (κ2) is 8.64. The molecule has 35 heavy (non-hydrogen) atoms. The van der Waals surface area contributed by atoms with E-state index in [1.54, 1.807) is 23.7 Å². The quantitative estimate of drug-likeness (QED) is 0.439. The first-order chi connectivity index (χ1) is 17.0. The maximum atomic E-state index is 14.5. The van der Waals surface area contributed by atoms with Crippen LogP contribution in [-0.4, -0.2) is 50.2 Å². The number of hydrogen-bond donors (Lipinski definition) is 2. The standard InChI is InChI=1S/C26H30FN7O/c1-3-34-15-21-23(32-10-8-18(9-11-32)29-17-4-5-17)7-6-20(24(21)31-34)26(35)30-19-12-22(27)25-28-16(2)13-33(25)14-19/h6-7,12-15,17-18,29H,3-5,8-11H2,1-2H3,(H,30,35). The van der Waals surface area contributed by atoms with Crippen molar-refractivity contribution < 1.29 is 9.18 Å². The number of aryl methyl sites for hydroxylation is 2. The van der Waals surface area contributed by atoms with Gasteiger partial charge >= 0.3 is 0 Å². The summed E-state index contributed by atoms with van der Waals surface area (Å²) in [6.07, 6.45) is 10.3. The van der Waals surface area contributed by atoms with Gasteiger partial charge in [0, 0.05) is 67.4 Å². The third-order valence-electron chi connectivity index (χ3n) is 7.04. The van der Waals surface area contributed by atoms with Crippen LogP contribution in [0.3, 0.4) is 0 Å². The van der Waals surface area contributed by atoms with Crippen LogP contribution in [0.2, 0.25) is 0 Å². The third kappa shape index (κ3) is 4.25. The first kappa shape index (κ1) is 22.0. The molecule has 2 aliphatic rings. The van der Waals surface area contributed by atoms with Crippen LogP contribution >= 0.6 is 0 Å². The van der Waals surface area contributed by atoms with E-state index in [2.05, 4.69) is 20.5 Å². The van der Waals surface area contributed by atoms with Gasteiger partial charge in [0.25, 0.3) is 5.91 Å². The Labute approximate surface area is 203 Å². The number of anilines is 2. The highest BCUT2D eigenvalue weighted by atomic mass is 19.1. The first-order valence-electron chi connectivity index (χ1n) is 12.5. The monoisotopic (exact) mass is 475 g/mol. The van der Waals surface area contributed by atoms with E-state index >= 15 is 0 Å². The first-order valence-corrected chi connectivity index (χ1v) is 12.5. The van der Waals surface area contributed by atoms with Gasteiger partial charge in [-0.25, -0.2) is 9.37 Å². The second-order valence-corrected chi connectivity index (χ2v) is 9.73. The van der Waals surface area contributed by atoms with Crippen molar-refractivity contribution in [3.8, 4) is 0 Å².